The Morgan fingerprint density at radius 2 is 2.03 bits per heavy atom. The smallest absolute Gasteiger partial charge is 0.395 e. The fraction of sp³-hybridized carbons (Fsp3) is 0.286. The maximum Gasteiger partial charge on any atom is 0.587 e. The Bertz CT molecular complexity index is 1440. The summed E-state index contributed by atoms with van der Waals surface area (Å²) >= 11 is 5.95. The van der Waals surface area contributed by atoms with Gasteiger partial charge in [-0.15, -0.1) is 0 Å². The minimum atomic E-state index is -4.33. The normalized spacial score (nSPS) is 20.8. The fourth-order valence-electron chi connectivity index (χ4n) is 3.44. The number of benzene rings is 1. The maximum atomic E-state index is 13.6. The molecule has 0 saturated carbocycles. The van der Waals surface area contributed by atoms with Crippen molar-refractivity contribution in [2.75, 3.05) is 6.61 Å². The van der Waals surface area contributed by atoms with Crippen LogP contribution >= 0.6 is 19.4 Å². The van der Waals surface area contributed by atoms with Crippen LogP contribution in [0.4, 0.5) is 0 Å². The molecule has 1 unspecified atom stereocenters. The topological polar surface area (TPSA) is 170 Å². The van der Waals surface area contributed by atoms with Crippen molar-refractivity contribution in [3.8, 4) is 11.5 Å². The third kappa shape index (κ3) is 6.14. The first-order chi connectivity index (χ1) is 17.3. The SMILES string of the molecule is Cc1cn([C@H]2C[C@H](N=[N+]=[N-])[C@@H](COP(=O)(Oc3ccccc3)Oc3cncc(Cl)c3)O2)c(=O)[nH]c1=O. The van der Waals surface area contributed by atoms with E-state index in [1.165, 1.54) is 36.1 Å². The molecule has 1 N–H and O–H groups in total. The quantitative estimate of drug-likeness (QED) is 0.185. The molecule has 0 radical (unpaired) electrons. The molecule has 1 saturated heterocycles. The molecule has 1 aliphatic rings. The van der Waals surface area contributed by atoms with Crippen LogP contribution in [-0.4, -0.2) is 33.3 Å². The number of nitrogens with zero attached hydrogens (tertiary/aromatic N) is 5. The summed E-state index contributed by atoms with van der Waals surface area (Å²) in [5, 5.41) is 3.96. The molecule has 4 atom stereocenters. The highest BCUT2D eigenvalue weighted by atomic mass is 35.5. The van der Waals surface area contributed by atoms with Crippen LogP contribution in [0.5, 0.6) is 11.5 Å². The number of H-pyrrole nitrogens is 1. The molecule has 3 aromatic rings. The van der Waals surface area contributed by atoms with Gasteiger partial charge in [0.25, 0.3) is 5.56 Å². The molecule has 0 amide bonds. The van der Waals surface area contributed by atoms with Crippen LogP contribution in [0, 0.1) is 6.92 Å². The molecule has 3 heterocycles. The van der Waals surface area contributed by atoms with E-state index in [-0.39, 0.29) is 29.5 Å². The molecule has 2 aromatic heterocycles. The summed E-state index contributed by atoms with van der Waals surface area (Å²) < 4.78 is 37.3. The Balaban J connectivity index is 1.56. The van der Waals surface area contributed by atoms with Crippen molar-refractivity contribution in [2.45, 2.75) is 31.7 Å². The number of nitrogens with one attached hydrogen (secondary N) is 1. The van der Waals surface area contributed by atoms with E-state index in [0.717, 1.165) is 0 Å². The van der Waals surface area contributed by atoms with E-state index in [9.17, 15) is 14.2 Å². The molecule has 1 fully saturated rings. The number of pyridine rings is 1. The molecule has 1 aromatic carbocycles. The zero-order valence-electron chi connectivity index (χ0n) is 18.8. The zero-order chi connectivity index (χ0) is 25.7. The number of phosphoric ester groups is 1. The van der Waals surface area contributed by atoms with Crippen molar-refractivity contribution >= 4 is 19.4 Å². The highest BCUT2D eigenvalue weighted by Crippen LogP contribution is 2.50. The van der Waals surface area contributed by atoms with Crippen molar-refractivity contribution in [3.63, 3.8) is 0 Å². The summed E-state index contributed by atoms with van der Waals surface area (Å²) in [4.78, 5) is 32.9. The number of rotatable bonds is 9. The Hall–Kier alpha value is -3.60. The average Bonchev–Trinajstić information content (AvgIpc) is 3.23. The van der Waals surface area contributed by atoms with E-state index in [0.29, 0.717) is 5.56 Å². The van der Waals surface area contributed by atoms with E-state index in [2.05, 4.69) is 20.0 Å². The number of hydrogen-bond acceptors (Lipinski definition) is 9. The molecule has 15 heteroatoms. The summed E-state index contributed by atoms with van der Waals surface area (Å²) in [6.45, 7) is 1.16. The van der Waals surface area contributed by atoms with Crippen LogP contribution in [0.2, 0.25) is 5.02 Å². The number of para-hydroxylation sites is 1. The van der Waals surface area contributed by atoms with E-state index < -0.39 is 37.4 Å². The molecule has 36 heavy (non-hydrogen) atoms. The highest BCUT2D eigenvalue weighted by molar-refractivity contribution is 7.49. The second-order valence-electron chi connectivity index (χ2n) is 7.69. The Morgan fingerprint density at radius 1 is 1.28 bits per heavy atom. The van der Waals surface area contributed by atoms with Gasteiger partial charge in [-0.3, -0.25) is 23.9 Å². The Kier molecular flexibility index (Phi) is 7.78. The Labute approximate surface area is 208 Å². The van der Waals surface area contributed by atoms with Crippen molar-refractivity contribution < 1.29 is 22.9 Å². The van der Waals surface area contributed by atoms with E-state index in [1.54, 1.807) is 30.3 Å². The molecular formula is C21H20ClN6O7P. The largest absolute Gasteiger partial charge is 0.587 e. The van der Waals surface area contributed by atoms with E-state index in [4.69, 9.17) is 35.4 Å². The first-order valence-electron chi connectivity index (χ1n) is 10.6. The Morgan fingerprint density at radius 3 is 2.75 bits per heavy atom. The predicted molar refractivity (Wildman–Crippen MR) is 128 cm³/mol. The van der Waals surface area contributed by atoms with Crippen LogP contribution in [0.3, 0.4) is 0 Å². The fourth-order valence-corrected chi connectivity index (χ4v) is 4.82. The molecule has 0 spiro atoms. The van der Waals surface area contributed by atoms with Gasteiger partial charge in [0.1, 0.15) is 12.0 Å². The lowest BCUT2D eigenvalue weighted by Gasteiger charge is -2.22. The van der Waals surface area contributed by atoms with Crippen molar-refractivity contribution in [1.29, 1.82) is 0 Å². The van der Waals surface area contributed by atoms with Gasteiger partial charge < -0.3 is 13.8 Å². The first kappa shape index (κ1) is 25.5. The number of aryl methyl sites for hydroxylation is 1. The summed E-state index contributed by atoms with van der Waals surface area (Å²) in [5.41, 5.74) is 8.09. The molecule has 13 nitrogen and oxygen atoms in total. The summed E-state index contributed by atoms with van der Waals surface area (Å²) in [6.07, 6.45) is 2.32. The number of aromatic amines is 1. The van der Waals surface area contributed by atoms with Gasteiger partial charge >= 0.3 is 13.5 Å². The van der Waals surface area contributed by atoms with Gasteiger partial charge in [-0.1, -0.05) is 34.9 Å². The zero-order valence-corrected chi connectivity index (χ0v) is 20.4. The summed E-state index contributed by atoms with van der Waals surface area (Å²) in [5.74, 6) is 0.247. The third-order valence-electron chi connectivity index (χ3n) is 5.11. The number of ether oxygens (including phenoxy) is 1. The van der Waals surface area contributed by atoms with Crippen LogP contribution in [0.1, 0.15) is 18.2 Å². The molecule has 0 aliphatic carbocycles. The second kappa shape index (κ2) is 11.0. The number of halogens is 1. The summed E-state index contributed by atoms with van der Waals surface area (Å²) in [6, 6.07) is 8.82. The minimum Gasteiger partial charge on any atom is -0.395 e. The molecule has 0 bridgehead atoms. The van der Waals surface area contributed by atoms with Gasteiger partial charge in [0, 0.05) is 35.4 Å². The van der Waals surface area contributed by atoms with Crippen LogP contribution in [-0.2, 0) is 13.8 Å². The van der Waals surface area contributed by atoms with Gasteiger partial charge in [-0.05, 0) is 24.6 Å². The predicted octanol–water partition coefficient (Wildman–Crippen LogP) is 4.14. The van der Waals surface area contributed by atoms with Crippen LogP contribution in [0.15, 0.2) is 69.7 Å². The van der Waals surface area contributed by atoms with Gasteiger partial charge in [-0.2, -0.15) is 0 Å². The number of hydrogen-bond donors (Lipinski definition) is 1. The molecular weight excluding hydrogens is 515 g/mol. The van der Waals surface area contributed by atoms with Crippen molar-refractivity contribution in [2.24, 2.45) is 5.11 Å². The van der Waals surface area contributed by atoms with Crippen LogP contribution < -0.4 is 20.3 Å². The monoisotopic (exact) mass is 534 g/mol. The van der Waals surface area contributed by atoms with E-state index >= 15 is 0 Å². The first-order valence-corrected chi connectivity index (χ1v) is 12.4. The van der Waals surface area contributed by atoms with Crippen molar-refractivity contribution in [1.82, 2.24) is 14.5 Å². The lowest BCUT2D eigenvalue weighted by molar-refractivity contribution is -0.0260. The van der Waals surface area contributed by atoms with E-state index in [1.807, 2.05) is 0 Å². The number of aromatic nitrogens is 3. The standard InChI is InChI=1S/C21H20ClN6O7P/c1-13-11-28(21(30)25-20(13)29)19-8-17(26-27-23)18(33-19)12-32-36(31,34-15-5-3-2-4-6-15)35-16-7-14(22)9-24-10-16/h2-7,9-11,17-19H,8,12H2,1H3,(H,25,29,30)/t17-,18+,19+,36?/m0/s1. The second-order valence-corrected chi connectivity index (χ2v) is 9.65. The maximum absolute atomic E-state index is 13.6. The average molecular weight is 535 g/mol. The van der Waals surface area contributed by atoms with Gasteiger partial charge in [0.2, 0.25) is 0 Å². The number of azide groups is 1. The highest BCUT2D eigenvalue weighted by Gasteiger charge is 2.40. The molecule has 1 aliphatic heterocycles. The molecule has 188 valence electrons. The van der Waals surface area contributed by atoms with Crippen LogP contribution in [0.25, 0.3) is 10.4 Å². The lowest BCUT2D eigenvalue weighted by Crippen LogP contribution is -2.33. The molecule has 4 rings (SSSR count). The number of phosphoric acid groups is 1. The van der Waals surface area contributed by atoms with Gasteiger partial charge in [-0.25, -0.2) is 9.36 Å². The third-order valence-corrected chi connectivity index (χ3v) is 6.66. The van der Waals surface area contributed by atoms with Crippen molar-refractivity contribution in [3.05, 3.63) is 96.9 Å². The minimum absolute atomic E-state index is 0.0360. The summed E-state index contributed by atoms with van der Waals surface area (Å²) in [7, 11) is -4.33. The van der Waals surface area contributed by atoms with Gasteiger partial charge in [0.15, 0.2) is 5.75 Å². The lowest BCUT2D eigenvalue weighted by atomic mass is 10.1. The van der Waals surface area contributed by atoms with Gasteiger partial charge in [0.05, 0.1) is 30.0 Å².